The summed E-state index contributed by atoms with van der Waals surface area (Å²) in [5, 5.41) is 2.78. The number of anilines is 1. The quantitative estimate of drug-likeness (QED) is 0.757. The van der Waals surface area contributed by atoms with Crippen LogP contribution < -0.4 is 15.7 Å². The van der Waals surface area contributed by atoms with Gasteiger partial charge in [-0.05, 0) is 50.2 Å². The Kier molecular flexibility index (Phi) is 4.37. The van der Waals surface area contributed by atoms with E-state index >= 15 is 0 Å². The summed E-state index contributed by atoms with van der Waals surface area (Å²) in [5.41, 5.74) is 1.78. The topological polar surface area (TPSA) is 76.1 Å². The van der Waals surface area contributed by atoms with Gasteiger partial charge < -0.3 is 15.0 Å². The molecule has 0 fully saturated rings. The number of carbonyl (C=O) groups is 1. The molecule has 0 aliphatic rings. The Morgan fingerprint density at radius 3 is 2.58 bits per heavy atom. The first-order valence-electron chi connectivity index (χ1n) is 7.77. The number of benzene rings is 2. The van der Waals surface area contributed by atoms with Crippen LogP contribution in [0.2, 0.25) is 0 Å². The molecule has 0 unspecified atom stereocenters. The van der Waals surface area contributed by atoms with Crippen LogP contribution in [0.1, 0.15) is 13.8 Å². The van der Waals surface area contributed by atoms with Gasteiger partial charge in [0.2, 0.25) is 5.91 Å². The Morgan fingerprint density at radius 1 is 1.17 bits per heavy atom. The number of rotatable bonds is 5. The average molecular weight is 325 g/mol. The number of imidazole rings is 1. The lowest BCUT2D eigenvalue weighted by Gasteiger charge is -2.11. The van der Waals surface area contributed by atoms with E-state index in [0.29, 0.717) is 16.7 Å². The van der Waals surface area contributed by atoms with Gasteiger partial charge in [-0.3, -0.25) is 9.36 Å². The van der Waals surface area contributed by atoms with Crippen LogP contribution in [-0.2, 0) is 11.3 Å². The molecule has 0 aliphatic heterocycles. The molecule has 1 aromatic heterocycles. The SMILES string of the molecule is CC(C)Oc1ccc(NC(=O)Cn2c(=O)[nH]c3ccccc32)cc1. The minimum atomic E-state index is -0.299. The monoisotopic (exact) mass is 325 g/mol. The van der Waals surface area contributed by atoms with Crippen molar-refractivity contribution in [3.05, 3.63) is 59.0 Å². The normalized spacial score (nSPS) is 11.0. The number of carbonyl (C=O) groups excluding carboxylic acids is 1. The predicted octanol–water partition coefficient (Wildman–Crippen LogP) is 2.76. The molecule has 0 bridgehead atoms. The van der Waals surface area contributed by atoms with Gasteiger partial charge in [0.1, 0.15) is 12.3 Å². The van der Waals surface area contributed by atoms with Gasteiger partial charge in [-0.15, -0.1) is 0 Å². The fourth-order valence-electron chi connectivity index (χ4n) is 2.50. The third kappa shape index (κ3) is 3.48. The highest BCUT2D eigenvalue weighted by Crippen LogP contribution is 2.17. The van der Waals surface area contributed by atoms with Crippen molar-refractivity contribution in [1.29, 1.82) is 0 Å². The van der Waals surface area contributed by atoms with Gasteiger partial charge in [-0.1, -0.05) is 12.1 Å². The summed E-state index contributed by atoms with van der Waals surface area (Å²) >= 11 is 0. The van der Waals surface area contributed by atoms with E-state index in [1.807, 2.05) is 26.0 Å². The van der Waals surface area contributed by atoms with E-state index in [4.69, 9.17) is 4.74 Å². The van der Waals surface area contributed by atoms with Gasteiger partial charge in [0, 0.05) is 5.69 Å². The number of aromatic nitrogens is 2. The van der Waals surface area contributed by atoms with Crippen molar-refractivity contribution in [3.8, 4) is 5.75 Å². The zero-order valence-electron chi connectivity index (χ0n) is 13.6. The van der Waals surface area contributed by atoms with Crippen molar-refractivity contribution in [2.45, 2.75) is 26.5 Å². The maximum Gasteiger partial charge on any atom is 0.326 e. The van der Waals surface area contributed by atoms with Crippen LogP contribution in [0.25, 0.3) is 11.0 Å². The maximum absolute atomic E-state index is 12.2. The molecule has 0 aliphatic carbocycles. The first-order valence-corrected chi connectivity index (χ1v) is 7.77. The Bertz CT molecular complexity index is 907. The highest BCUT2D eigenvalue weighted by Gasteiger charge is 2.10. The van der Waals surface area contributed by atoms with Crippen LogP contribution in [-0.4, -0.2) is 21.6 Å². The second-order valence-corrected chi connectivity index (χ2v) is 5.77. The smallest absolute Gasteiger partial charge is 0.326 e. The number of hydrogen-bond acceptors (Lipinski definition) is 3. The van der Waals surface area contributed by atoms with Crippen molar-refractivity contribution < 1.29 is 9.53 Å². The number of H-pyrrole nitrogens is 1. The molecule has 1 heterocycles. The minimum absolute atomic E-state index is 0.0485. The van der Waals surface area contributed by atoms with E-state index in [1.54, 1.807) is 36.4 Å². The first kappa shape index (κ1) is 15.9. The van der Waals surface area contributed by atoms with Crippen LogP contribution in [0.5, 0.6) is 5.75 Å². The van der Waals surface area contributed by atoms with Crippen molar-refractivity contribution in [3.63, 3.8) is 0 Å². The molecule has 124 valence electrons. The summed E-state index contributed by atoms with van der Waals surface area (Å²) in [4.78, 5) is 26.9. The van der Waals surface area contributed by atoms with Crippen LogP contribution in [0.4, 0.5) is 5.69 Å². The Labute approximate surface area is 139 Å². The summed E-state index contributed by atoms with van der Waals surface area (Å²) in [6, 6.07) is 14.4. The molecule has 0 spiro atoms. The van der Waals surface area contributed by atoms with Gasteiger partial charge in [0.25, 0.3) is 0 Å². The predicted molar refractivity (Wildman–Crippen MR) is 93.4 cm³/mol. The molecule has 2 aromatic carbocycles. The van der Waals surface area contributed by atoms with Crippen molar-refractivity contribution >= 4 is 22.6 Å². The maximum atomic E-state index is 12.2. The molecule has 1 amide bonds. The average Bonchev–Trinajstić information content (AvgIpc) is 2.85. The Balaban J connectivity index is 1.71. The summed E-state index contributed by atoms with van der Waals surface area (Å²) < 4.78 is 6.98. The van der Waals surface area contributed by atoms with Crippen molar-refractivity contribution in [2.75, 3.05) is 5.32 Å². The van der Waals surface area contributed by atoms with Gasteiger partial charge >= 0.3 is 5.69 Å². The number of ether oxygens (including phenoxy) is 1. The van der Waals surface area contributed by atoms with Crippen molar-refractivity contribution in [2.24, 2.45) is 0 Å². The molecule has 0 saturated heterocycles. The number of aromatic amines is 1. The fraction of sp³-hybridized carbons (Fsp3) is 0.222. The van der Waals surface area contributed by atoms with E-state index in [-0.39, 0.29) is 24.2 Å². The van der Waals surface area contributed by atoms with E-state index < -0.39 is 0 Å². The molecule has 0 saturated carbocycles. The number of nitrogens with one attached hydrogen (secondary N) is 2. The zero-order valence-corrected chi connectivity index (χ0v) is 13.6. The van der Waals surface area contributed by atoms with Crippen LogP contribution in [0.3, 0.4) is 0 Å². The lowest BCUT2D eigenvalue weighted by molar-refractivity contribution is -0.116. The molecule has 3 aromatic rings. The number of para-hydroxylation sites is 2. The minimum Gasteiger partial charge on any atom is -0.491 e. The molecular formula is C18H19N3O3. The van der Waals surface area contributed by atoms with Gasteiger partial charge in [-0.2, -0.15) is 0 Å². The molecule has 6 nitrogen and oxygen atoms in total. The lowest BCUT2D eigenvalue weighted by Crippen LogP contribution is -2.25. The lowest BCUT2D eigenvalue weighted by atomic mass is 10.3. The van der Waals surface area contributed by atoms with E-state index in [1.165, 1.54) is 4.57 Å². The van der Waals surface area contributed by atoms with Crippen molar-refractivity contribution in [1.82, 2.24) is 9.55 Å². The first-order chi connectivity index (χ1) is 11.5. The molecule has 24 heavy (non-hydrogen) atoms. The Morgan fingerprint density at radius 2 is 1.88 bits per heavy atom. The number of amides is 1. The van der Waals surface area contributed by atoms with Gasteiger partial charge in [0.15, 0.2) is 0 Å². The standard InChI is InChI=1S/C18H19N3O3/c1-12(2)24-14-9-7-13(8-10-14)19-17(22)11-21-16-6-4-3-5-15(16)20-18(21)23/h3-10,12H,11H2,1-2H3,(H,19,22)(H,20,23). The fourth-order valence-corrected chi connectivity index (χ4v) is 2.50. The molecule has 6 heteroatoms. The second-order valence-electron chi connectivity index (χ2n) is 5.77. The third-order valence-corrected chi connectivity index (χ3v) is 3.49. The van der Waals surface area contributed by atoms with Crippen LogP contribution >= 0.6 is 0 Å². The molecule has 0 atom stereocenters. The molecular weight excluding hydrogens is 306 g/mol. The zero-order chi connectivity index (χ0) is 17.1. The summed E-state index contributed by atoms with van der Waals surface area (Å²) in [5.74, 6) is 0.482. The number of fused-ring (bicyclic) bond motifs is 1. The molecule has 2 N–H and O–H groups in total. The van der Waals surface area contributed by atoms with E-state index in [9.17, 15) is 9.59 Å². The molecule has 3 rings (SSSR count). The van der Waals surface area contributed by atoms with Crippen LogP contribution in [0.15, 0.2) is 53.3 Å². The summed E-state index contributed by atoms with van der Waals surface area (Å²) in [7, 11) is 0. The van der Waals surface area contributed by atoms with Crippen LogP contribution in [0, 0.1) is 0 Å². The largest absolute Gasteiger partial charge is 0.491 e. The number of hydrogen-bond donors (Lipinski definition) is 2. The number of nitrogens with zero attached hydrogens (tertiary/aromatic N) is 1. The Hall–Kier alpha value is -3.02. The van der Waals surface area contributed by atoms with E-state index in [0.717, 1.165) is 5.75 Å². The second kappa shape index (κ2) is 6.62. The van der Waals surface area contributed by atoms with Gasteiger partial charge in [0.05, 0.1) is 17.1 Å². The summed E-state index contributed by atoms with van der Waals surface area (Å²) in [6.45, 7) is 3.86. The van der Waals surface area contributed by atoms with Gasteiger partial charge in [-0.25, -0.2) is 4.79 Å². The van der Waals surface area contributed by atoms with E-state index in [2.05, 4.69) is 10.3 Å². The molecule has 0 radical (unpaired) electrons. The highest BCUT2D eigenvalue weighted by molar-refractivity contribution is 5.91. The highest BCUT2D eigenvalue weighted by atomic mass is 16.5. The summed E-state index contributed by atoms with van der Waals surface area (Å²) in [6.07, 6.45) is 0.0965. The third-order valence-electron chi connectivity index (χ3n) is 3.49.